The number of halogens is 1. The van der Waals surface area contributed by atoms with E-state index < -0.39 is 21.7 Å². The molecule has 1 N–H and O–H groups in total. The number of sulfonamides is 1. The molecule has 24 heavy (non-hydrogen) atoms. The summed E-state index contributed by atoms with van der Waals surface area (Å²) in [5.74, 6) is 0.436. The molecule has 0 radical (unpaired) electrons. The van der Waals surface area contributed by atoms with Gasteiger partial charge in [0.25, 0.3) is 0 Å². The lowest BCUT2D eigenvalue weighted by Gasteiger charge is -2.19. The van der Waals surface area contributed by atoms with Gasteiger partial charge >= 0.3 is 0 Å². The van der Waals surface area contributed by atoms with Crippen molar-refractivity contribution in [1.29, 1.82) is 0 Å². The highest BCUT2D eigenvalue weighted by atomic mass is 35.5. The van der Waals surface area contributed by atoms with Gasteiger partial charge in [0.05, 0.1) is 16.8 Å². The van der Waals surface area contributed by atoms with Gasteiger partial charge in [0, 0.05) is 12.6 Å². The molecule has 2 aromatic rings. The normalized spacial score (nSPS) is 17.2. The molecule has 0 spiro atoms. The van der Waals surface area contributed by atoms with Gasteiger partial charge in [-0.2, -0.15) is 0 Å². The number of hydrogen-bond donors (Lipinski definition) is 1. The summed E-state index contributed by atoms with van der Waals surface area (Å²) in [4.78, 5) is 4.32. The largest absolute Gasteiger partial charge is 0.486 e. The van der Waals surface area contributed by atoms with E-state index in [4.69, 9.17) is 16.3 Å². The number of benzene rings is 1. The second-order valence-corrected chi connectivity index (χ2v) is 8.65. The number of ether oxygens (including phenoxy) is 1. The third kappa shape index (κ3) is 3.41. The first kappa shape index (κ1) is 17.2. The van der Waals surface area contributed by atoms with Gasteiger partial charge < -0.3 is 4.74 Å². The summed E-state index contributed by atoms with van der Waals surface area (Å²) in [7, 11) is -3.74. The first-order valence-corrected chi connectivity index (χ1v) is 9.49. The van der Waals surface area contributed by atoms with E-state index in [2.05, 4.69) is 9.71 Å². The van der Waals surface area contributed by atoms with Crippen molar-refractivity contribution >= 4 is 21.6 Å². The van der Waals surface area contributed by atoms with Crippen molar-refractivity contribution in [3.8, 4) is 5.75 Å². The zero-order valence-corrected chi connectivity index (χ0v) is 15.3. The highest BCUT2D eigenvalue weighted by molar-refractivity contribution is 7.89. The molecule has 0 aliphatic carbocycles. The average molecular weight is 367 g/mol. The first-order chi connectivity index (χ1) is 11.2. The Morgan fingerprint density at radius 1 is 1.29 bits per heavy atom. The van der Waals surface area contributed by atoms with Gasteiger partial charge in [-0.3, -0.25) is 4.98 Å². The van der Waals surface area contributed by atoms with Crippen LogP contribution in [0, 0.1) is 0 Å². The summed E-state index contributed by atoms with van der Waals surface area (Å²) in [5, 5.41) is 0.505. The monoisotopic (exact) mass is 366 g/mol. The van der Waals surface area contributed by atoms with E-state index in [0.717, 1.165) is 5.56 Å². The van der Waals surface area contributed by atoms with Crippen molar-refractivity contribution in [1.82, 2.24) is 9.71 Å². The molecule has 5 nitrogen and oxygen atoms in total. The Labute approximate surface area is 147 Å². The summed E-state index contributed by atoms with van der Waals surface area (Å²) < 4.78 is 34.1. The molecule has 0 fully saturated rings. The van der Waals surface area contributed by atoms with Crippen LogP contribution in [-0.2, 0) is 16.4 Å². The molecule has 1 aromatic heterocycles. The van der Waals surface area contributed by atoms with E-state index in [1.807, 2.05) is 19.9 Å². The Balaban J connectivity index is 1.90. The third-order valence-corrected chi connectivity index (χ3v) is 5.66. The number of rotatable bonds is 4. The summed E-state index contributed by atoms with van der Waals surface area (Å²) in [6.45, 7) is 5.62. The second kappa shape index (κ2) is 6.02. The Hall–Kier alpha value is -1.63. The Morgan fingerprint density at radius 2 is 2.04 bits per heavy atom. The topological polar surface area (TPSA) is 68.3 Å². The van der Waals surface area contributed by atoms with Crippen LogP contribution in [0.15, 0.2) is 41.4 Å². The fourth-order valence-electron chi connectivity index (χ4n) is 2.80. The van der Waals surface area contributed by atoms with Crippen LogP contribution in [0.1, 0.15) is 38.1 Å². The first-order valence-electron chi connectivity index (χ1n) is 7.63. The fraction of sp³-hybridized carbons (Fsp3) is 0.353. The average Bonchev–Trinajstić information content (AvgIpc) is 2.80. The summed E-state index contributed by atoms with van der Waals surface area (Å²) in [6.07, 6.45) is 2.17. The van der Waals surface area contributed by atoms with Gasteiger partial charge in [0.1, 0.15) is 16.2 Å². The lowest BCUT2D eigenvalue weighted by Crippen LogP contribution is -2.28. The molecular weight excluding hydrogens is 348 g/mol. The molecule has 0 saturated heterocycles. The molecule has 2 heterocycles. The van der Waals surface area contributed by atoms with Crippen LogP contribution in [-0.4, -0.2) is 19.0 Å². The Kier molecular flexibility index (Phi) is 4.32. The summed E-state index contributed by atoms with van der Waals surface area (Å²) >= 11 is 5.82. The minimum absolute atomic E-state index is 0.159. The summed E-state index contributed by atoms with van der Waals surface area (Å²) in [5.41, 5.74) is 1.09. The van der Waals surface area contributed by atoms with Gasteiger partial charge in [-0.25, -0.2) is 13.1 Å². The molecule has 128 valence electrons. The van der Waals surface area contributed by atoms with Crippen LogP contribution < -0.4 is 9.46 Å². The molecule has 1 aliphatic rings. The highest BCUT2D eigenvalue weighted by Crippen LogP contribution is 2.39. The van der Waals surface area contributed by atoms with Crippen molar-refractivity contribution in [3.63, 3.8) is 0 Å². The number of hydrogen-bond acceptors (Lipinski definition) is 4. The minimum Gasteiger partial charge on any atom is -0.486 e. The van der Waals surface area contributed by atoms with E-state index in [0.29, 0.717) is 22.9 Å². The molecule has 0 saturated carbocycles. The number of nitrogens with one attached hydrogen (secondary N) is 1. The standard InChI is InChI=1S/C17H19ClN2O3S/c1-11(14-8-7-13(18)10-19-14)20-24(21,22)15-6-4-5-12-9-17(2,3)23-16(12)15/h4-8,10-11,20H,9H2,1-3H3/t11-/m0/s1. The van der Waals surface area contributed by atoms with Crippen LogP contribution in [0.3, 0.4) is 0 Å². The van der Waals surface area contributed by atoms with Gasteiger partial charge in [-0.15, -0.1) is 0 Å². The quantitative estimate of drug-likeness (QED) is 0.899. The van der Waals surface area contributed by atoms with Crippen molar-refractivity contribution < 1.29 is 13.2 Å². The zero-order valence-electron chi connectivity index (χ0n) is 13.7. The SMILES string of the molecule is C[C@H](NS(=O)(=O)c1cccc2c1OC(C)(C)C2)c1ccc(Cl)cn1. The maximum Gasteiger partial charge on any atom is 0.244 e. The lowest BCUT2D eigenvalue weighted by atomic mass is 10.0. The zero-order chi connectivity index (χ0) is 17.5. The number of nitrogens with zero attached hydrogens (tertiary/aromatic N) is 1. The van der Waals surface area contributed by atoms with E-state index in [1.54, 1.807) is 31.2 Å². The molecule has 1 aromatic carbocycles. The molecule has 0 unspecified atom stereocenters. The van der Waals surface area contributed by atoms with E-state index >= 15 is 0 Å². The van der Waals surface area contributed by atoms with Crippen molar-refractivity contribution in [2.45, 2.75) is 43.7 Å². The van der Waals surface area contributed by atoms with Crippen LogP contribution in [0.4, 0.5) is 0 Å². The van der Waals surface area contributed by atoms with Crippen molar-refractivity contribution in [2.75, 3.05) is 0 Å². The third-order valence-electron chi connectivity index (χ3n) is 3.87. The lowest BCUT2D eigenvalue weighted by molar-refractivity contribution is 0.135. The number of aromatic nitrogens is 1. The van der Waals surface area contributed by atoms with Gasteiger partial charge in [-0.1, -0.05) is 23.7 Å². The van der Waals surface area contributed by atoms with E-state index in [1.165, 1.54) is 6.20 Å². The fourth-order valence-corrected chi connectivity index (χ4v) is 4.30. The van der Waals surface area contributed by atoms with Crippen molar-refractivity contribution in [3.05, 3.63) is 52.8 Å². The van der Waals surface area contributed by atoms with Crippen LogP contribution in [0.25, 0.3) is 0 Å². The number of pyridine rings is 1. The molecule has 1 atom stereocenters. The Morgan fingerprint density at radius 3 is 2.71 bits per heavy atom. The molecule has 0 amide bonds. The number of fused-ring (bicyclic) bond motifs is 1. The van der Waals surface area contributed by atoms with Gasteiger partial charge in [-0.05, 0) is 44.5 Å². The second-order valence-electron chi connectivity index (χ2n) is 6.53. The molecule has 7 heteroatoms. The predicted molar refractivity (Wildman–Crippen MR) is 92.8 cm³/mol. The number of para-hydroxylation sites is 1. The predicted octanol–water partition coefficient (Wildman–Crippen LogP) is 3.49. The summed E-state index contributed by atoms with van der Waals surface area (Å²) in [6, 6.07) is 8.09. The Bertz CT molecular complexity index is 864. The smallest absolute Gasteiger partial charge is 0.244 e. The van der Waals surface area contributed by atoms with Gasteiger partial charge in [0.15, 0.2) is 0 Å². The van der Waals surface area contributed by atoms with Crippen LogP contribution in [0.5, 0.6) is 5.75 Å². The molecule has 3 rings (SSSR count). The maximum absolute atomic E-state index is 12.8. The molecular formula is C17H19ClN2O3S. The molecule has 0 bridgehead atoms. The van der Waals surface area contributed by atoms with Crippen molar-refractivity contribution in [2.24, 2.45) is 0 Å². The van der Waals surface area contributed by atoms with E-state index in [9.17, 15) is 8.42 Å². The highest BCUT2D eigenvalue weighted by Gasteiger charge is 2.35. The van der Waals surface area contributed by atoms with Crippen LogP contribution in [0.2, 0.25) is 5.02 Å². The maximum atomic E-state index is 12.8. The van der Waals surface area contributed by atoms with Gasteiger partial charge in [0.2, 0.25) is 10.0 Å². The minimum atomic E-state index is -3.74. The van der Waals surface area contributed by atoms with E-state index in [-0.39, 0.29) is 4.90 Å². The molecule has 1 aliphatic heterocycles. The van der Waals surface area contributed by atoms with Crippen LogP contribution >= 0.6 is 11.6 Å².